The third-order valence-corrected chi connectivity index (χ3v) is 3.51. The Balaban J connectivity index is 2.22. The molecule has 1 amide bonds. The van der Waals surface area contributed by atoms with E-state index in [0.717, 1.165) is 44.0 Å². The van der Waals surface area contributed by atoms with E-state index in [0.29, 0.717) is 6.04 Å². The molecule has 1 aliphatic rings. The summed E-state index contributed by atoms with van der Waals surface area (Å²) in [7, 11) is 0. The average molecular weight is 250 g/mol. The van der Waals surface area contributed by atoms with Crippen LogP contribution in [0.25, 0.3) is 0 Å². The Morgan fingerprint density at radius 1 is 1.50 bits per heavy atom. The minimum absolute atomic E-state index is 0.109. The normalized spacial score (nSPS) is 15.5. The molecule has 1 aliphatic heterocycles. The third-order valence-electron chi connectivity index (χ3n) is 3.51. The molecule has 0 aliphatic carbocycles. The van der Waals surface area contributed by atoms with Crippen molar-refractivity contribution in [1.29, 1.82) is 0 Å². The minimum atomic E-state index is 0.109. The molecule has 1 saturated heterocycles. The number of carbonyl (C=O) groups excluding carboxylic acids is 1. The van der Waals surface area contributed by atoms with Gasteiger partial charge in [-0.1, -0.05) is 6.92 Å². The summed E-state index contributed by atoms with van der Waals surface area (Å²) >= 11 is 0. The molecule has 0 atom stereocenters. The van der Waals surface area contributed by atoms with Gasteiger partial charge in [-0.25, -0.2) is 0 Å². The maximum Gasteiger partial charge on any atom is 0.272 e. The number of carbonyl (C=O) groups is 1. The Bertz CT molecular complexity index is 423. The zero-order chi connectivity index (χ0) is 13.1. The second-order valence-electron chi connectivity index (χ2n) is 4.59. The number of nitrogens with zero attached hydrogens (tertiary/aromatic N) is 3. The van der Waals surface area contributed by atoms with Crippen molar-refractivity contribution in [2.45, 2.75) is 39.8 Å². The number of likely N-dealkylation sites (N-methyl/N-ethyl adjacent to an activating group) is 1. The molecule has 1 fully saturated rings. The van der Waals surface area contributed by atoms with Crippen molar-refractivity contribution in [3.8, 4) is 0 Å². The lowest BCUT2D eigenvalue weighted by Crippen LogP contribution is -2.59. The summed E-state index contributed by atoms with van der Waals surface area (Å²) in [6.45, 7) is 9.40. The zero-order valence-electron chi connectivity index (χ0n) is 11.4. The van der Waals surface area contributed by atoms with Crippen molar-refractivity contribution >= 4 is 5.91 Å². The molecule has 2 heterocycles. The summed E-state index contributed by atoms with van der Waals surface area (Å²) in [5.41, 5.74) is 1.71. The van der Waals surface area contributed by atoms with Crippen LogP contribution in [0.15, 0.2) is 6.07 Å². The van der Waals surface area contributed by atoms with Gasteiger partial charge >= 0.3 is 0 Å². The molecule has 0 bridgehead atoms. The zero-order valence-corrected chi connectivity index (χ0v) is 11.4. The number of hydrogen-bond donors (Lipinski definition) is 1. The SMILES string of the molecule is CCc1cc(C(=O)N(CC)C2CNC2)n(CC)n1. The monoisotopic (exact) mass is 250 g/mol. The van der Waals surface area contributed by atoms with E-state index >= 15 is 0 Å². The van der Waals surface area contributed by atoms with E-state index in [9.17, 15) is 4.79 Å². The van der Waals surface area contributed by atoms with E-state index < -0.39 is 0 Å². The molecule has 0 spiro atoms. The highest BCUT2D eigenvalue weighted by Gasteiger charge is 2.29. The van der Waals surface area contributed by atoms with Crippen molar-refractivity contribution < 1.29 is 4.79 Å². The summed E-state index contributed by atoms with van der Waals surface area (Å²) in [5, 5.41) is 7.65. The second-order valence-corrected chi connectivity index (χ2v) is 4.59. The molecule has 18 heavy (non-hydrogen) atoms. The van der Waals surface area contributed by atoms with Crippen LogP contribution in [0.2, 0.25) is 0 Å². The van der Waals surface area contributed by atoms with Gasteiger partial charge in [0.2, 0.25) is 0 Å². The average Bonchev–Trinajstić information content (AvgIpc) is 2.75. The van der Waals surface area contributed by atoms with Crippen molar-refractivity contribution in [3.05, 3.63) is 17.5 Å². The fourth-order valence-corrected chi connectivity index (χ4v) is 2.26. The first-order valence-corrected chi connectivity index (χ1v) is 6.79. The molecule has 1 N–H and O–H groups in total. The van der Waals surface area contributed by atoms with Crippen LogP contribution in [0.3, 0.4) is 0 Å². The van der Waals surface area contributed by atoms with Crippen molar-refractivity contribution in [1.82, 2.24) is 20.0 Å². The van der Waals surface area contributed by atoms with Gasteiger partial charge in [0.05, 0.1) is 11.7 Å². The molecule has 5 nitrogen and oxygen atoms in total. The summed E-state index contributed by atoms with van der Waals surface area (Å²) in [4.78, 5) is 14.5. The maximum atomic E-state index is 12.6. The number of rotatable bonds is 5. The van der Waals surface area contributed by atoms with Crippen LogP contribution >= 0.6 is 0 Å². The lowest BCUT2D eigenvalue weighted by Gasteiger charge is -2.37. The first-order valence-electron chi connectivity index (χ1n) is 6.79. The van der Waals surface area contributed by atoms with Crippen molar-refractivity contribution in [2.75, 3.05) is 19.6 Å². The fraction of sp³-hybridized carbons (Fsp3) is 0.692. The number of aryl methyl sites for hydroxylation is 2. The Hall–Kier alpha value is -1.36. The number of nitrogens with one attached hydrogen (secondary N) is 1. The van der Waals surface area contributed by atoms with Crippen molar-refractivity contribution in [2.24, 2.45) is 0 Å². The summed E-state index contributed by atoms with van der Waals surface area (Å²) in [5.74, 6) is 0.109. The van der Waals surface area contributed by atoms with Crippen LogP contribution in [0.1, 0.15) is 37.0 Å². The number of aromatic nitrogens is 2. The highest BCUT2D eigenvalue weighted by Crippen LogP contribution is 2.13. The Kier molecular flexibility index (Phi) is 4.01. The summed E-state index contributed by atoms with van der Waals surface area (Å²) in [6.07, 6.45) is 0.865. The van der Waals surface area contributed by atoms with Gasteiger partial charge in [0, 0.05) is 26.2 Å². The van der Waals surface area contributed by atoms with Gasteiger partial charge in [0.1, 0.15) is 5.69 Å². The fourth-order valence-electron chi connectivity index (χ4n) is 2.26. The van der Waals surface area contributed by atoms with Crippen molar-refractivity contribution in [3.63, 3.8) is 0 Å². The summed E-state index contributed by atoms with van der Waals surface area (Å²) < 4.78 is 1.82. The molecule has 0 aromatic carbocycles. The maximum absolute atomic E-state index is 12.6. The molecule has 100 valence electrons. The Morgan fingerprint density at radius 2 is 2.22 bits per heavy atom. The molecular formula is C13H22N4O. The summed E-state index contributed by atoms with van der Waals surface area (Å²) in [6, 6.07) is 2.27. The lowest BCUT2D eigenvalue weighted by atomic mass is 10.1. The molecular weight excluding hydrogens is 228 g/mol. The molecule has 0 unspecified atom stereocenters. The first kappa shape index (κ1) is 13.1. The largest absolute Gasteiger partial charge is 0.332 e. The highest BCUT2D eigenvalue weighted by atomic mass is 16.2. The molecule has 5 heteroatoms. The van der Waals surface area contributed by atoms with E-state index in [2.05, 4.69) is 17.3 Å². The second kappa shape index (κ2) is 5.52. The third kappa shape index (κ3) is 2.27. The van der Waals surface area contributed by atoms with E-state index in [1.807, 2.05) is 29.5 Å². The van der Waals surface area contributed by atoms with E-state index in [-0.39, 0.29) is 5.91 Å². The number of hydrogen-bond acceptors (Lipinski definition) is 3. The van der Waals surface area contributed by atoms with Crippen LogP contribution < -0.4 is 5.32 Å². The predicted molar refractivity (Wildman–Crippen MR) is 70.6 cm³/mol. The molecule has 2 rings (SSSR count). The quantitative estimate of drug-likeness (QED) is 0.844. The predicted octanol–water partition coefficient (Wildman–Crippen LogP) is 0.899. The highest BCUT2D eigenvalue weighted by molar-refractivity contribution is 5.93. The van der Waals surface area contributed by atoms with Gasteiger partial charge in [-0.15, -0.1) is 0 Å². The van der Waals surface area contributed by atoms with E-state index in [1.165, 1.54) is 0 Å². The standard InChI is InChI=1S/C13H22N4O/c1-4-10-7-12(17(6-3)15-10)13(18)16(5-2)11-8-14-9-11/h7,11,14H,4-6,8-9H2,1-3H3. The molecule has 1 aromatic heterocycles. The van der Waals surface area contributed by atoms with E-state index in [4.69, 9.17) is 0 Å². The minimum Gasteiger partial charge on any atom is -0.332 e. The van der Waals surface area contributed by atoms with Crippen LogP contribution in [-0.4, -0.2) is 46.3 Å². The van der Waals surface area contributed by atoms with Gasteiger partial charge in [0.15, 0.2) is 0 Å². The van der Waals surface area contributed by atoms with Crippen LogP contribution in [0, 0.1) is 0 Å². The molecule has 1 aromatic rings. The number of amides is 1. The van der Waals surface area contributed by atoms with Crippen LogP contribution in [0.4, 0.5) is 0 Å². The van der Waals surface area contributed by atoms with Gasteiger partial charge < -0.3 is 10.2 Å². The lowest BCUT2D eigenvalue weighted by molar-refractivity contribution is 0.0617. The van der Waals surface area contributed by atoms with Gasteiger partial charge in [-0.3, -0.25) is 9.48 Å². The van der Waals surface area contributed by atoms with Gasteiger partial charge in [-0.2, -0.15) is 5.10 Å². The Labute approximate surface area is 108 Å². The smallest absolute Gasteiger partial charge is 0.272 e. The van der Waals surface area contributed by atoms with Crippen LogP contribution in [0.5, 0.6) is 0 Å². The van der Waals surface area contributed by atoms with Gasteiger partial charge in [-0.05, 0) is 26.3 Å². The topological polar surface area (TPSA) is 50.2 Å². The Morgan fingerprint density at radius 3 is 2.67 bits per heavy atom. The van der Waals surface area contributed by atoms with E-state index in [1.54, 1.807) is 0 Å². The van der Waals surface area contributed by atoms with Crippen LogP contribution in [-0.2, 0) is 13.0 Å². The first-order chi connectivity index (χ1) is 8.71. The van der Waals surface area contributed by atoms with Gasteiger partial charge in [0.25, 0.3) is 5.91 Å². The molecule has 0 radical (unpaired) electrons. The molecule has 0 saturated carbocycles.